The fraction of sp³-hybridized carbons (Fsp3) is 0.625. The second kappa shape index (κ2) is 7.16. The summed E-state index contributed by atoms with van der Waals surface area (Å²) < 4.78 is 0. The molecule has 0 heterocycles. The van der Waals surface area contributed by atoms with Crippen molar-refractivity contribution in [1.29, 1.82) is 0 Å². The number of halogens is 1. The van der Waals surface area contributed by atoms with E-state index in [-0.39, 0.29) is 0 Å². The van der Waals surface area contributed by atoms with Gasteiger partial charge in [-0.15, -0.1) is 0 Å². The van der Waals surface area contributed by atoms with Gasteiger partial charge in [0.1, 0.15) is 0 Å². The summed E-state index contributed by atoms with van der Waals surface area (Å²) in [5.74, 6) is 0. The molecule has 18 heavy (non-hydrogen) atoms. The molecule has 0 saturated carbocycles. The molecular weight excluding hydrogens is 242 g/mol. The van der Waals surface area contributed by atoms with E-state index in [1.165, 1.54) is 18.4 Å². The van der Waals surface area contributed by atoms with Gasteiger partial charge in [-0.1, -0.05) is 51.4 Å². The van der Waals surface area contributed by atoms with E-state index in [4.69, 9.17) is 11.6 Å². The summed E-state index contributed by atoms with van der Waals surface area (Å²) >= 11 is 5.89. The summed E-state index contributed by atoms with van der Waals surface area (Å²) in [6.45, 7) is 10.2. The molecule has 0 bridgehead atoms. The maximum atomic E-state index is 5.89. The molecule has 0 aromatic heterocycles. The minimum absolute atomic E-state index is 0.390. The Kier molecular flexibility index (Phi) is 6.17. The van der Waals surface area contributed by atoms with Crippen molar-refractivity contribution in [2.75, 3.05) is 6.54 Å². The molecule has 0 spiro atoms. The Bertz CT molecular complexity index is 341. The zero-order valence-corrected chi connectivity index (χ0v) is 12.8. The quantitative estimate of drug-likeness (QED) is 0.756. The van der Waals surface area contributed by atoms with Crippen molar-refractivity contribution in [3.8, 4) is 0 Å². The monoisotopic (exact) mass is 267 g/mol. The molecule has 0 saturated heterocycles. The maximum absolute atomic E-state index is 5.89. The van der Waals surface area contributed by atoms with Gasteiger partial charge in [0.25, 0.3) is 0 Å². The summed E-state index contributed by atoms with van der Waals surface area (Å²) in [5, 5.41) is 4.31. The van der Waals surface area contributed by atoms with Gasteiger partial charge >= 0.3 is 0 Å². The molecule has 1 rings (SSSR count). The topological polar surface area (TPSA) is 12.0 Å². The lowest BCUT2D eigenvalue weighted by Gasteiger charge is -2.25. The molecule has 1 N–H and O–H groups in total. The molecule has 1 aromatic carbocycles. The van der Waals surface area contributed by atoms with Gasteiger partial charge in [0.2, 0.25) is 0 Å². The Balaban J connectivity index is 2.34. The molecule has 0 amide bonds. The van der Waals surface area contributed by atoms with Crippen LogP contribution in [0, 0.1) is 5.41 Å². The van der Waals surface area contributed by atoms with E-state index < -0.39 is 0 Å². The van der Waals surface area contributed by atoms with Crippen molar-refractivity contribution >= 4 is 11.6 Å². The Morgan fingerprint density at radius 1 is 1.11 bits per heavy atom. The van der Waals surface area contributed by atoms with Crippen molar-refractivity contribution in [3.05, 3.63) is 34.9 Å². The Morgan fingerprint density at radius 3 is 2.28 bits per heavy atom. The Hall–Kier alpha value is -0.530. The fourth-order valence-corrected chi connectivity index (χ4v) is 2.08. The molecule has 102 valence electrons. The van der Waals surface area contributed by atoms with Gasteiger partial charge in [-0.2, -0.15) is 0 Å². The molecule has 0 atom stereocenters. The van der Waals surface area contributed by atoms with Gasteiger partial charge in [0.15, 0.2) is 0 Å². The van der Waals surface area contributed by atoms with Gasteiger partial charge in [-0.25, -0.2) is 0 Å². The predicted octanol–water partition coefficient (Wildman–Crippen LogP) is 4.69. The summed E-state index contributed by atoms with van der Waals surface area (Å²) in [6.07, 6.45) is 3.57. The van der Waals surface area contributed by atoms with E-state index in [0.29, 0.717) is 11.5 Å². The summed E-state index contributed by atoms with van der Waals surface area (Å²) in [6, 6.07) is 8.79. The molecule has 0 fully saturated rings. The zero-order valence-electron chi connectivity index (χ0n) is 12.1. The van der Waals surface area contributed by atoms with E-state index in [2.05, 4.69) is 45.1 Å². The summed E-state index contributed by atoms with van der Waals surface area (Å²) in [7, 11) is 0. The SMILES string of the molecule is CC(C)NCCC(C)(C)CCc1ccc(Cl)cc1. The van der Waals surface area contributed by atoms with E-state index >= 15 is 0 Å². The van der Waals surface area contributed by atoms with Gasteiger partial charge in [0, 0.05) is 11.1 Å². The number of nitrogens with one attached hydrogen (secondary N) is 1. The average molecular weight is 268 g/mol. The van der Waals surface area contributed by atoms with Gasteiger partial charge in [0.05, 0.1) is 0 Å². The summed E-state index contributed by atoms with van der Waals surface area (Å²) in [5.41, 5.74) is 1.77. The van der Waals surface area contributed by atoms with Crippen LogP contribution in [0.25, 0.3) is 0 Å². The standard InChI is InChI=1S/C16H26ClN/c1-13(2)18-12-11-16(3,4)10-9-14-5-7-15(17)8-6-14/h5-8,13,18H,9-12H2,1-4H3. The van der Waals surface area contributed by atoms with Crippen LogP contribution >= 0.6 is 11.6 Å². The molecule has 0 unspecified atom stereocenters. The molecular formula is C16H26ClN. The van der Waals surface area contributed by atoms with E-state index in [0.717, 1.165) is 18.0 Å². The molecule has 1 nitrogen and oxygen atoms in total. The Morgan fingerprint density at radius 2 is 1.72 bits per heavy atom. The smallest absolute Gasteiger partial charge is 0.0406 e. The highest BCUT2D eigenvalue weighted by molar-refractivity contribution is 6.30. The number of hydrogen-bond acceptors (Lipinski definition) is 1. The first-order valence-electron chi connectivity index (χ1n) is 6.87. The lowest BCUT2D eigenvalue weighted by Crippen LogP contribution is -2.28. The minimum atomic E-state index is 0.390. The summed E-state index contributed by atoms with van der Waals surface area (Å²) in [4.78, 5) is 0. The molecule has 2 heteroatoms. The van der Waals surface area contributed by atoms with Crippen molar-refractivity contribution in [3.63, 3.8) is 0 Å². The number of rotatable bonds is 7. The second-order valence-corrected chi connectivity index (χ2v) is 6.59. The maximum Gasteiger partial charge on any atom is 0.0406 e. The Labute approximate surface area is 117 Å². The molecule has 0 aliphatic heterocycles. The first-order valence-corrected chi connectivity index (χ1v) is 7.25. The van der Waals surface area contributed by atoms with E-state index in [9.17, 15) is 0 Å². The highest BCUT2D eigenvalue weighted by Crippen LogP contribution is 2.26. The third-order valence-electron chi connectivity index (χ3n) is 3.36. The van der Waals surface area contributed by atoms with Crippen molar-refractivity contribution in [2.45, 2.75) is 53.0 Å². The first-order chi connectivity index (χ1) is 8.39. The second-order valence-electron chi connectivity index (χ2n) is 6.15. The lowest BCUT2D eigenvalue weighted by atomic mass is 9.83. The molecule has 0 aliphatic carbocycles. The van der Waals surface area contributed by atoms with E-state index in [1.54, 1.807) is 0 Å². The van der Waals surface area contributed by atoms with Gasteiger partial charge < -0.3 is 5.32 Å². The number of benzene rings is 1. The van der Waals surface area contributed by atoms with Crippen molar-refractivity contribution in [1.82, 2.24) is 5.32 Å². The van der Waals surface area contributed by atoms with Crippen LogP contribution in [0.15, 0.2) is 24.3 Å². The highest BCUT2D eigenvalue weighted by Gasteiger charge is 2.17. The largest absolute Gasteiger partial charge is 0.315 e. The van der Waals surface area contributed by atoms with Crippen LogP contribution in [0.2, 0.25) is 5.02 Å². The van der Waals surface area contributed by atoms with Crippen LogP contribution in [0.3, 0.4) is 0 Å². The fourth-order valence-electron chi connectivity index (χ4n) is 1.96. The number of hydrogen-bond donors (Lipinski definition) is 1. The molecule has 1 aromatic rings. The highest BCUT2D eigenvalue weighted by atomic mass is 35.5. The van der Waals surface area contributed by atoms with E-state index in [1.807, 2.05) is 12.1 Å². The molecule has 0 aliphatic rings. The van der Waals surface area contributed by atoms with Gasteiger partial charge in [-0.3, -0.25) is 0 Å². The third-order valence-corrected chi connectivity index (χ3v) is 3.61. The van der Waals surface area contributed by atoms with Crippen LogP contribution in [-0.4, -0.2) is 12.6 Å². The van der Waals surface area contributed by atoms with Crippen molar-refractivity contribution in [2.24, 2.45) is 5.41 Å². The average Bonchev–Trinajstić information content (AvgIpc) is 2.27. The third kappa shape index (κ3) is 6.42. The molecule has 0 radical (unpaired) electrons. The van der Waals surface area contributed by atoms with Crippen LogP contribution in [0.1, 0.15) is 46.1 Å². The van der Waals surface area contributed by atoms with Crippen LogP contribution in [0.5, 0.6) is 0 Å². The van der Waals surface area contributed by atoms with Gasteiger partial charge in [-0.05, 0) is 48.9 Å². The van der Waals surface area contributed by atoms with Crippen LogP contribution in [0.4, 0.5) is 0 Å². The minimum Gasteiger partial charge on any atom is -0.315 e. The van der Waals surface area contributed by atoms with Crippen molar-refractivity contribution < 1.29 is 0 Å². The van der Waals surface area contributed by atoms with Crippen LogP contribution in [-0.2, 0) is 6.42 Å². The normalized spacial score (nSPS) is 12.1. The number of aryl methyl sites for hydroxylation is 1. The zero-order chi connectivity index (χ0) is 13.6. The first kappa shape index (κ1) is 15.5. The lowest BCUT2D eigenvalue weighted by molar-refractivity contribution is 0.298. The van der Waals surface area contributed by atoms with Crippen LogP contribution < -0.4 is 5.32 Å². The predicted molar refractivity (Wildman–Crippen MR) is 81.3 cm³/mol.